The highest BCUT2D eigenvalue weighted by Crippen LogP contribution is 2.19. The number of carboxylic acids is 2. The Bertz CT molecular complexity index is 1410. The standard InChI is InChI=1S/C30H37N5O7/c1-17(2)12-23(28(39)35-25(30(41)42)14-19-16-32-22-11-7-6-10-20(19)22)34-29(40)24(13-18-8-4-3-5-9-18)33-27(38)21(31)15-26(36)37/h3-11,16-17,21,23-25,32H,12-15,31H2,1-2H3,(H,33,38)(H,34,40)(H,35,39)(H,36,37)(H,41,42). The third kappa shape index (κ3) is 9.16. The molecule has 4 atom stereocenters. The van der Waals surface area contributed by atoms with Gasteiger partial charge in [0.2, 0.25) is 17.7 Å². The van der Waals surface area contributed by atoms with Crippen LogP contribution >= 0.6 is 0 Å². The zero-order chi connectivity index (χ0) is 30.8. The lowest BCUT2D eigenvalue weighted by atomic mass is 9.99. The molecule has 4 unspecified atom stereocenters. The number of carbonyl (C=O) groups excluding carboxylic acids is 3. The van der Waals surface area contributed by atoms with E-state index in [0.717, 1.165) is 10.9 Å². The fourth-order valence-electron chi connectivity index (χ4n) is 4.59. The molecule has 224 valence electrons. The number of nitrogens with two attached hydrogens (primary N) is 1. The van der Waals surface area contributed by atoms with Gasteiger partial charge in [0.1, 0.15) is 18.1 Å². The lowest BCUT2D eigenvalue weighted by Gasteiger charge is -2.26. The second-order valence-corrected chi connectivity index (χ2v) is 10.6. The maximum absolute atomic E-state index is 13.5. The van der Waals surface area contributed by atoms with Gasteiger partial charge in [-0.2, -0.15) is 0 Å². The molecular weight excluding hydrogens is 542 g/mol. The molecule has 2 aromatic carbocycles. The normalized spacial score (nSPS) is 14.0. The topological polar surface area (TPSA) is 204 Å². The van der Waals surface area contributed by atoms with Crippen LogP contribution in [-0.2, 0) is 36.8 Å². The number of para-hydroxylation sites is 1. The van der Waals surface area contributed by atoms with Gasteiger partial charge in [0.15, 0.2) is 0 Å². The molecule has 1 heterocycles. The highest BCUT2D eigenvalue weighted by atomic mass is 16.4. The van der Waals surface area contributed by atoms with Crippen LogP contribution in [0.25, 0.3) is 10.9 Å². The van der Waals surface area contributed by atoms with Gasteiger partial charge in [-0.25, -0.2) is 4.79 Å². The van der Waals surface area contributed by atoms with Crippen molar-refractivity contribution in [3.8, 4) is 0 Å². The average Bonchev–Trinajstić information content (AvgIpc) is 3.34. The Hall–Kier alpha value is -4.71. The van der Waals surface area contributed by atoms with Gasteiger partial charge in [0.25, 0.3) is 0 Å². The molecular formula is C30H37N5O7. The first kappa shape index (κ1) is 31.8. The van der Waals surface area contributed by atoms with Crippen LogP contribution in [0, 0.1) is 5.92 Å². The summed E-state index contributed by atoms with van der Waals surface area (Å²) >= 11 is 0. The van der Waals surface area contributed by atoms with Gasteiger partial charge < -0.3 is 36.9 Å². The molecule has 8 N–H and O–H groups in total. The molecule has 3 rings (SSSR count). The quantitative estimate of drug-likeness (QED) is 0.140. The Kier molecular flexibility index (Phi) is 11.2. The van der Waals surface area contributed by atoms with Crippen LogP contribution in [0.2, 0.25) is 0 Å². The molecule has 0 aliphatic rings. The molecule has 0 aliphatic carbocycles. The number of rotatable bonds is 15. The van der Waals surface area contributed by atoms with Gasteiger partial charge >= 0.3 is 11.9 Å². The summed E-state index contributed by atoms with van der Waals surface area (Å²) in [7, 11) is 0. The summed E-state index contributed by atoms with van der Waals surface area (Å²) in [6.07, 6.45) is 1.33. The highest BCUT2D eigenvalue weighted by molar-refractivity contribution is 5.95. The maximum atomic E-state index is 13.5. The molecule has 3 aromatic rings. The summed E-state index contributed by atoms with van der Waals surface area (Å²) in [5.74, 6) is -4.76. The van der Waals surface area contributed by atoms with Crippen LogP contribution in [0.5, 0.6) is 0 Å². The number of carbonyl (C=O) groups is 5. The zero-order valence-corrected chi connectivity index (χ0v) is 23.5. The van der Waals surface area contributed by atoms with Crippen LogP contribution in [0.4, 0.5) is 0 Å². The van der Waals surface area contributed by atoms with E-state index in [9.17, 15) is 29.1 Å². The van der Waals surface area contributed by atoms with Gasteiger partial charge in [-0.1, -0.05) is 62.4 Å². The smallest absolute Gasteiger partial charge is 0.326 e. The summed E-state index contributed by atoms with van der Waals surface area (Å²) in [5.41, 5.74) is 7.96. The van der Waals surface area contributed by atoms with Crippen molar-refractivity contribution in [1.82, 2.24) is 20.9 Å². The average molecular weight is 580 g/mol. The Balaban J connectivity index is 1.78. The maximum Gasteiger partial charge on any atom is 0.326 e. The van der Waals surface area contributed by atoms with E-state index < -0.39 is 60.2 Å². The summed E-state index contributed by atoms with van der Waals surface area (Å²) in [4.78, 5) is 65.7. The predicted molar refractivity (Wildman–Crippen MR) is 155 cm³/mol. The first-order valence-electron chi connectivity index (χ1n) is 13.6. The minimum absolute atomic E-state index is 0.0155. The number of carboxylic acid groups (broad SMARTS) is 2. The number of amides is 3. The van der Waals surface area contributed by atoms with Crippen LogP contribution in [0.3, 0.4) is 0 Å². The molecule has 3 amide bonds. The molecule has 0 aliphatic heterocycles. The van der Waals surface area contributed by atoms with E-state index in [4.69, 9.17) is 10.8 Å². The summed E-state index contributed by atoms with van der Waals surface area (Å²) in [6, 6.07) is 11.3. The van der Waals surface area contributed by atoms with Gasteiger partial charge in [0, 0.05) is 29.9 Å². The summed E-state index contributed by atoms with van der Waals surface area (Å²) in [6.45, 7) is 3.70. The van der Waals surface area contributed by atoms with E-state index in [2.05, 4.69) is 20.9 Å². The minimum atomic E-state index is -1.39. The van der Waals surface area contributed by atoms with Crippen LogP contribution in [0.15, 0.2) is 60.8 Å². The Morgan fingerprint density at radius 2 is 1.38 bits per heavy atom. The molecule has 0 radical (unpaired) electrons. The van der Waals surface area contributed by atoms with Gasteiger partial charge in [-0.15, -0.1) is 0 Å². The van der Waals surface area contributed by atoms with Crippen molar-refractivity contribution in [3.05, 3.63) is 71.9 Å². The Labute approximate surface area is 243 Å². The molecule has 12 nitrogen and oxygen atoms in total. The Morgan fingerprint density at radius 1 is 0.786 bits per heavy atom. The van der Waals surface area contributed by atoms with E-state index in [1.807, 2.05) is 38.1 Å². The summed E-state index contributed by atoms with van der Waals surface area (Å²) < 4.78 is 0. The molecule has 0 saturated carbocycles. The second kappa shape index (κ2) is 14.8. The molecule has 0 bridgehead atoms. The molecule has 1 aromatic heterocycles. The SMILES string of the molecule is CC(C)CC(NC(=O)C(Cc1ccccc1)NC(=O)C(N)CC(=O)O)C(=O)NC(Cc1c[nH]c2ccccc12)C(=O)O. The third-order valence-electron chi connectivity index (χ3n) is 6.70. The first-order chi connectivity index (χ1) is 19.9. The highest BCUT2D eigenvalue weighted by Gasteiger charge is 2.31. The van der Waals surface area contributed by atoms with E-state index in [1.54, 1.807) is 36.5 Å². The second-order valence-electron chi connectivity index (χ2n) is 10.6. The fourth-order valence-corrected chi connectivity index (χ4v) is 4.59. The van der Waals surface area contributed by atoms with E-state index in [-0.39, 0.29) is 25.2 Å². The zero-order valence-electron chi connectivity index (χ0n) is 23.5. The van der Waals surface area contributed by atoms with Crippen molar-refractivity contribution in [1.29, 1.82) is 0 Å². The number of benzene rings is 2. The number of fused-ring (bicyclic) bond motifs is 1. The van der Waals surface area contributed by atoms with E-state index >= 15 is 0 Å². The lowest BCUT2D eigenvalue weighted by molar-refractivity contribution is -0.142. The molecule has 0 spiro atoms. The Morgan fingerprint density at radius 3 is 2.02 bits per heavy atom. The fraction of sp³-hybridized carbons (Fsp3) is 0.367. The monoisotopic (exact) mass is 579 g/mol. The molecule has 42 heavy (non-hydrogen) atoms. The number of hydrogen-bond donors (Lipinski definition) is 7. The molecule has 0 saturated heterocycles. The number of aromatic amines is 1. The van der Waals surface area contributed by atoms with Crippen molar-refractivity contribution in [2.24, 2.45) is 11.7 Å². The van der Waals surface area contributed by atoms with Crippen molar-refractivity contribution in [2.75, 3.05) is 0 Å². The number of H-pyrrole nitrogens is 1. The number of aromatic nitrogens is 1. The van der Waals surface area contributed by atoms with Crippen molar-refractivity contribution >= 4 is 40.6 Å². The van der Waals surface area contributed by atoms with Crippen molar-refractivity contribution < 1.29 is 34.2 Å². The molecule has 0 fully saturated rings. The van der Waals surface area contributed by atoms with Gasteiger partial charge in [-0.05, 0) is 29.5 Å². The van der Waals surface area contributed by atoms with Gasteiger partial charge in [0.05, 0.1) is 12.5 Å². The largest absolute Gasteiger partial charge is 0.481 e. The van der Waals surface area contributed by atoms with Crippen LogP contribution in [-0.4, -0.2) is 69.0 Å². The number of aliphatic carboxylic acids is 2. The number of hydrogen-bond acceptors (Lipinski definition) is 6. The van der Waals surface area contributed by atoms with Crippen LogP contribution in [0.1, 0.15) is 37.8 Å². The van der Waals surface area contributed by atoms with E-state index in [1.165, 1.54) is 0 Å². The van der Waals surface area contributed by atoms with E-state index in [0.29, 0.717) is 11.1 Å². The predicted octanol–water partition coefficient (Wildman–Crippen LogP) is 1.34. The number of nitrogens with one attached hydrogen (secondary N) is 4. The van der Waals surface area contributed by atoms with Crippen molar-refractivity contribution in [2.45, 2.75) is 63.7 Å². The lowest BCUT2D eigenvalue weighted by Crippen LogP contribution is -2.58. The van der Waals surface area contributed by atoms with Crippen LogP contribution < -0.4 is 21.7 Å². The third-order valence-corrected chi connectivity index (χ3v) is 6.70. The van der Waals surface area contributed by atoms with Crippen molar-refractivity contribution in [3.63, 3.8) is 0 Å². The minimum Gasteiger partial charge on any atom is -0.481 e. The first-order valence-corrected chi connectivity index (χ1v) is 13.6. The molecule has 12 heteroatoms. The summed E-state index contributed by atoms with van der Waals surface area (Å²) in [5, 5.41) is 27.5. The van der Waals surface area contributed by atoms with Gasteiger partial charge in [-0.3, -0.25) is 19.2 Å².